The van der Waals surface area contributed by atoms with Gasteiger partial charge in [0.15, 0.2) is 6.20 Å². The van der Waals surface area contributed by atoms with Crippen LogP contribution in [0.5, 0.6) is 0 Å². The van der Waals surface area contributed by atoms with E-state index in [0.29, 0.717) is 10.7 Å². The quantitative estimate of drug-likeness (QED) is 0.669. The summed E-state index contributed by atoms with van der Waals surface area (Å²) < 4.78 is 1.83. The van der Waals surface area contributed by atoms with Gasteiger partial charge < -0.3 is 5.32 Å². The Morgan fingerprint density at radius 1 is 1.07 bits per heavy atom. The first-order chi connectivity index (χ1) is 13.9. The first-order valence-electron chi connectivity index (χ1n) is 9.37. The van der Waals surface area contributed by atoms with Crippen LogP contribution < -0.4 is 14.8 Å². The average Bonchev–Trinajstić information content (AvgIpc) is 2.67. The molecular weight excluding hydrogens is 386 g/mol. The summed E-state index contributed by atoms with van der Waals surface area (Å²) in [5, 5.41) is 3.52. The number of nitrogens with one attached hydrogen (secondary N) is 1. The molecule has 3 aromatic rings. The number of hydrogen-bond donors (Lipinski definition) is 1. The Labute approximate surface area is 174 Å². The van der Waals surface area contributed by atoms with Crippen LogP contribution in [0.25, 0.3) is 0 Å². The lowest BCUT2D eigenvalue weighted by molar-refractivity contribution is -0.695. The van der Waals surface area contributed by atoms with E-state index in [1.165, 1.54) is 0 Å². The Kier molecular flexibility index (Phi) is 5.07. The normalized spacial score (nSPS) is 15.8. The maximum absolute atomic E-state index is 13.4. The van der Waals surface area contributed by atoms with Gasteiger partial charge >= 0.3 is 0 Å². The van der Waals surface area contributed by atoms with Crippen LogP contribution in [0, 0.1) is 13.8 Å². The van der Waals surface area contributed by atoms with Crippen LogP contribution >= 0.6 is 11.6 Å². The molecule has 0 saturated carbocycles. The van der Waals surface area contributed by atoms with Crippen LogP contribution in [0.2, 0.25) is 5.02 Å². The summed E-state index contributed by atoms with van der Waals surface area (Å²) in [5.74, 6) is -0.408. The van der Waals surface area contributed by atoms with Gasteiger partial charge in [0.1, 0.15) is 0 Å². The number of aromatic nitrogens is 1. The molecule has 29 heavy (non-hydrogen) atoms. The number of pyridine rings is 1. The number of hydrogen-bond acceptors (Lipinski definition) is 2. The smallest absolute Gasteiger partial charge is 0.294 e. The van der Waals surface area contributed by atoms with E-state index >= 15 is 0 Å². The monoisotopic (exact) mass is 406 g/mol. The van der Waals surface area contributed by atoms with Gasteiger partial charge in [0.05, 0.1) is 0 Å². The second-order valence-corrected chi connectivity index (χ2v) is 7.70. The summed E-state index contributed by atoms with van der Waals surface area (Å²) in [6.45, 7) is 4.15. The second kappa shape index (κ2) is 7.68. The molecule has 0 aliphatic carbocycles. The van der Waals surface area contributed by atoms with Crippen molar-refractivity contribution in [3.05, 3.63) is 88.7 Å². The standard InChI is InChI=1S/C23H20ClN3O2/c1-15-11-16(2)13-19(12-15)27-21(28)14-26-10-4-3-5-20(26)22(27)23(29)25-18-8-6-17(24)7-9-18/h3-13,22H,14H2,1-2H3/p+1. The van der Waals surface area contributed by atoms with Crippen LogP contribution in [0.3, 0.4) is 0 Å². The first kappa shape index (κ1) is 19.2. The molecule has 2 amide bonds. The molecule has 2 heterocycles. The third-order valence-electron chi connectivity index (χ3n) is 4.93. The minimum absolute atomic E-state index is 0.130. The lowest BCUT2D eigenvalue weighted by Gasteiger charge is -2.32. The van der Waals surface area contributed by atoms with Crippen LogP contribution in [0.1, 0.15) is 22.9 Å². The largest absolute Gasteiger partial charge is 0.324 e. The Bertz CT molecular complexity index is 1080. The van der Waals surface area contributed by atoms with Crippen LogP contribution in [0.15, 0.2) is 66.9 Å². The molecule has 1 aliphatic rings. The van der Waals surface area contributed by atoms with Crippen LogP contribution in [-0.4, -0.2) is 11.8 Å². The molecule has 1 unspecified atom stereocenters. The molecule has 0 bridgehead atoms. The molecule has 2 aromatic carbocycles. The fraction of sp³-hybridized carbons (Fsp3) is 0.174. The van der Waals surface area contributed by atoms with Crippen molar-refractivity contribution < 1.29 is 14.2 Å². The predicted molar refractivity (Wildman–Crippen MR) is 113 cm³/mol. The summed E-state index contributed by atoms with van der Waals surface area (Å²) in [6, 6.07) is 17.7. The molecule has 0 radical (unpaired) electrons. The maximum atomic E-state index is 13.4. The Hall–Kier alpha value is -3.18. The topological polar surface area (TPSA) is 53.3 Å². The van der Waals surface area contributed by atoms with E-state index in [0.717, 1.165) is 22.5 Å². The van der Waals surface area contributed by atoms with Gasteiger partial charge in [-0.3, -0.25) is 14.5 Å². The average molecular weight is 407 g/mol. The molecule has 0 fully saturated rings. The third-order valence-corrected chi connectivity index (χ3v) is 5.19. The van der Waals surface area contributed by atoms with Crippen molar-refractivity contribution in [1.29, 1.82) is 0 Å². The number of carbonyl (C=O) groups is 2. The fourth-order valence-electron chi connectivity index (χ4n) is 3.76. The molecule has 1 N–H and O–H groups in total. The zero-order chi connectivity index (χ0) is 20.5. The number of fused-ring (bicyclic) bond motifs is 1. The number of amides is 2. The highest BCUT2D eigenvalue weighted by molar-refractivity contribution is 6.30. The molecule has 4 rings (SSSR count). The van der Waals surface area contributed by atoms with E-state index in [9.17, 15) is 9.59 Å². The molecule has 1 aliphatic heterocycles. The summed E-state index contributed by atoms with van der Waals surface area (Å²) in [5.41, 5.74) is 4.18. The summed E-state index contributed by atoms with van der Waals surface area (Å²) in [6.07, 6.45) is 1.83. The molecule has 1 aromatic heterocycles. The number of halogens is 1. The van der Waals surface area contributed by atoms with Gasteiger partial charge in [0.2, 0.25) is 18.3 Å². The van der Waals surface area contributed by atoms with Gasteiger partial charge in [0.25, 0.3) is 11.8 Å². The minimum Gasteiger partial charge on any atom is -0.324 e. The zero-order valence-electron chi connectivity index (χ0n) is 16.2. The van der Waals surface area contributed by atoms with Crippen molar-refractivity contribution in [3.8, 4) is 0 Å². The number of nitrogens with zero attached hydrogens (tertiary/aromatic N) is 2. The van der Waals surface area contributed by atoms with Crippen LogP contribution in [0.4, 0.5) is 11.4 Å². The van der Waals surface area contributed by atoms with Gasteiger partial charge in [-0.05, 0) is 61.4 Å². The molecule has 6 heteroatoms. The number of benzene rings is 2. The van der Waals surface area contributed by atoms with Crippen molar-refractivity contribution in [2.75, 3.05) is 10.2 Å². The van der Waals surface area contributed by atoms with Crippen molar-refractivity contribution in [1.82, 2.24) is 0 Å². The summed E-state index contributed by atoms with van der Waals surface area (Å²) in [4.78, 5) is 28.1. The third kappa shape index (κ3) is 3.87. The Balaban J connectivity index is 1.79. The van der Waals surface area contributed by atoms with E-state index < -0.39 is 6.04 Å². The van der Waals surface area contributed by atoms with Gasteiger partial charge in [-0.25, -0.2) is 0 Å². The lowest BCUT2D eigenvalue weighted by Crippen LogP contribution is -2.58. The van der Waals surface area contributed by atoms with Gasteiger partial charge in [-0.2, -0.15) is 4.57 Å². The van der Waals surface area contributed by atoms with Gasteiger partial charge in [-0.1, -0.05) is 23.7 Å². The number of anilines is 2. The predicted octanol–water partition coefficient (Wildman–Crippen LogP) is 3.97. The van der Waals surface area contributed by atoms with Crippen molar-refractivity contribution in [2.24, 2.45) is 0 Å². The number of rotatable bonds is 3. The number of aryl methyl sites for hydroxylation is 2. The first-order valence-corrected chi connectivity index (χ1v) is 9.75. The molecule has 0 saturated heterocycles. The van der Waals surface area contributed by atoms with Gasteiger partial charge in [0, 0.05) is 28.5 Å². The van der Waals surface area contributed by atoms with Crippen molar-refractivity contribution in [2.45, 2.75) is 26.4 Å². The second-order valence-electron chi connectivity index (χ2n) is 7.26. The summed E-state index contributed by atoms with van der Waals surface area (Å²) in [7, 11) is 0. The van der Waals surface area contributed by atoms with Crippen LogP contribution in [-0.2, 0) is 16.1 Å². The molecule has 0 spiro atoms. The van der Waals surface area contributed by atoms with E-state index in [1.54, 1.807) is 29.2 Å². The Morgan fingerprint density at radius 2 is 1.76 bits per heavy atom. The van der Waals surface area contributed by atoms with Gasteiger partial charge in [-0.15, -0.1) is 0 Å². The molecular formula is C23H21ClN3O2+. The molecule has 1 atom stereocenters. The highest BCUT2D eigenvalue weighted by Gasteiger charge is 2.43. The van der Waals surface area contributed by atoms with Crippen molar-refractivity contribution >= 4 is 34.8 Å². The zero-order valence-corrected chi connectivity index (χ0v) is 17.0. The summed E-state index contributed by atoms with van der Waals surface area (Å²) >= 11 is 5.95. The van der Waals surface area contributed by atoms with E-state index in [4.69, 9.17) is 11.6 Å². The van der Waals surface area contributed by atoms with E-state index in [2.05, 4.69) is 5.32 Å². The highest BCUT2D eigenvalue weighted by atomic mass is 35.5. The Morgan fingerprint density at radius 3 is 2.45 bits per heavy atom. The molecule has 5 nitrogen and oxygen atoms in total. The minimum atomic E-state index is -0.783. The lowest BCUT2D eigenvalue weighted by atomic mass is 10.0. The number of carbonyl (C=O) groups excluding carboxylic acids is 2. The fourth-order valence-corrected chi connectivity index (χ4v) is 3.88. The maximum Gasteiger partial charge on any atom is 0.294 e. The van der Waals surface area contributed by atoms with E-state index in [-0.39, 0.29) is 18.4 Å². The highest BCUT2D eigenvalue weighted by Crippen LogP contribution is 2.31. The SMILES string of the molecule is Cc1cc(C)cc(N2C(=O)C[n+]3ccccc3C2C(=O)Nc2ccc(Cl)cc2)c1. The van der Waals surface area contributed by atoms with E-state index in [1.807, 2.05) is 61.0 Å². The molecule has 146 valence electrons. The van der Waals surface area contributed by atoms with Crippen molar-refractivity contribution in [3.63, 3.8) is 0 Å².